The van der Waals surface area contributed by atoms with Gasteiger partial charge in [-0.2, -0.15) is 5.10 Å². The lowest BCUT2D eigenvalue weighted by Crippen LogP contribution is -2.42. The maximum absolute atomic E-state index is 13.0. The third kappa shape index (κ3) is 5.23. The van der Waals surface area contributed by atoms with Crippen molar-refractivity contribution in [2.24, 2.45) is 0 Å². The van der Waals surface area contributed by atoms with Crippen molar-refractivity contribution in [3.8, 4) is 5.75 Å². The minimum absolute atomic E-state index is 0.0877. The largest absolute Gasteiger partial charge is 0.495 e. The highest BCUT2D eigenvalue weighted by molar-refractivity contribution is 6.74. The van der Waals surface area contributed by atoms with Crippen molar-refractivity contribution in [1.29, 1.82) is 0 Å². The zero-order valence-corrected chi connectivity index (χ0v) is 25.1. The van der Waals surface area contributed by atoms with Gasteiger partial charge in [0.25, 0.3) is 0 Å². The fourth-order valence-corrected chi connectivity index (χ4v) is 4.90. The van der Waals surface area contributed by atoms with E-state index >= 15 is 0 Å². The Balaban J connectivity index is 2.10. The van der Waals surface area contributed by atoms with Gasteiger partial charge in [0.1, 0.15) is 11.3 Å². The molecule has 1 atom stereocenters. The normalized spacial score (nSPS) is 18.5. The molecule has 10 heteroatoms. The maximum atomic E-state index is 13.0. The molecule has 0 saturated carbocycles. The predicted octanol–water partition coefficient (Wildman–Crippen LogP) is 5.10. The van der Waals surface area contributed by atoms with Crippen LogP contribution in [0.5, 0.6) is 5.75 Å². The lowest BCUT2D eigenvalue weighted by Gasteiger charge is -2.37. The molecule has 0 bridgehead atoms. The van der Waals surface area contributed by atoms with E-state index in [0.29, 0.717) is 23.3 Å². The van der Waals surface area contributed by atoms with Gasteiger partial charge in [-0.3, -0.25) is 4.68 Å². The lowest BCUT2D eigenvalue weighted by molar-refractivity contribution is 0.00578. The van der Waals surface area contributed by atoms with E-state index < -0.39 is 32.6 Å². The van der Waals surface area contributed by atoms with Crippen LogP contribution in [0, 0.1) is 0 Å². The highest BCUT2D eigenvalue weighted by atomic mass is 28.4. The summed E-state index contributed by atoms with van der Waals surface area (Å²) in [5, 5.41) is 5.44. The second-order valence-corrected chi connectivity index (χ2v) is 17.0. The monoisotopic (exact) mass is 518 g/mol. The van der Waals surface area contributed by atoms with E-state index in [4.69, 9.17) is 28.3 Å². The van der Waals surface area contributed by atoms with Crippen LogP contribution in [-0.4, -0.2) is 62.7 Å². The van der Waals surface area contributed by atoms with Crippen molar-refractivity contribution in [2.45, 2.75) is 97.7 Å². The molecule has 2 aromatic rings. The Hall–Kier alpha value is -1.88. The molecule has 3 rings (SSSR count). The average Bonchev–Trinajstić information content (AvgIpc) is 3.25. The van der Waals surface area contributed by atoms with Gasteiger partial charge in [-0.25, -0.2) is 4.79 Å². The van der Waals surface area contributed by atoms with Gasteiger partial charge in [0.15, 0.2) is 14.0 Å². The smallest absolute Gasteiger partial charge is 0.494 e. The standard InChI is InChI=1S/C26H43BN2O6Si/c1-13-32-23(30)21-19-14-18(27-34-25(6,7)26(8,9)35-27)15-20(31-10)22(19)29(28-21)17(2)16-33-36(11,12)24(3,4)5/h14-15,17H,13,16H2,1-12H3/t17-/m0/s1. The Kier molecular flexibility index (Phi) is 7.79. The number of fused-ring (bicyclic) bond motifs is 1. The number of carbonyl (C=O) groups excluding carboxylic acids is 1. The number of benzene rings is 1. The molecule has 0 unspecified atom stereocenters. The summed E-state index contributed by atoms with van der Waals surface area (Å²) in [6.45, 7) is 23.7. The fourth-order valence-electron chi connectivity index (χ4n) is 3.81. The number of esters is 1. The number of hydrogen-bond acceptors (Lipinski definition) is 7. The van der Waals surface area contributed by atoms with Crippen LogP contribution in [-0.2, 0) is 18.5 Å². The van der Waals surface area contributed by atoms with Crippen LogP contribution in [0.25, 0.3) is 10.9 Å². The molecule has 0 spiro atoms. The summed E-state index contributed by atoms with van der Waals surface area (Å²) in [6.07, 6.45) is 0. The van der Waals surface area contributed by atoms with Gasteiger partial charge in [-0.05, 0) is 71.2 Å². The van der Waals surface area contributed by atoms with Crippen LogP contribution in [0.2, 0.25) is 18.1 Å². The molecule has 0 N–H and O–H groups in total. The summed E-state index contributed by atoms with van der Waals surface area (Å²) < 4.78 is 32.0. The van der Waals surface area contributed by atoms with Crippen LogP contribution in [0.15, 0.2) is 12.1 Å². The molecular formula is C26H43BN2O6Si. The molecule has 2 heterocycles. The van der Waals surface area contributed by atoms with Gasteiger partial charge in [-0.1, -0.05) is 26.8 Å². The molecule has 1 saturated heterocycles. The van der Waals surface area contributed by atoms with Crippen molar-refractivity contribution in [2.75, 3.05) is 20.3 Å². The van der Waals surface area contributed by atoms with E-state index in [2.05, 4.69) is 33.9 Å². The zero-order chi connectivity index (χ0) is 27.3. The van der Waals surface area contributed by atoms with Crippen LogP contribution in [0.1, 0.15) is 78.8 Å². The predicted molar refractivity (Wildman–Crippen MR) is 146 cm³/mol. The second kappa shape index (κ2) is 9.78. The summed E-state index contributed by atoms with van der Waals surface area (Å²) >= 11 is 0. The van der Waals surface area contributed by atoms with E-state index in [1.54, 1.807) is 14.0 Å². The van der Waals surface area contributed by atoms with Gasteiger partial charge in [0.05, 0.1) is 37.6 Å². The SMILES string of the molecule is CCOC(=O)c1nn([C@@H](C)CO[Si](C)(C)C(C)(C)C)c2c(OC)cc(B3OC(C)(C)C(C)(C)O3)cc12. The molecule has 1 fully saturated rings. The minimum atomic E-state index is -1.97. The summed E-state index contributed by atoms with van der Waals surface area (Å²) in [5.41, 5.74) is 0.718. The number of carbonyl (C=O) groups is 1. The minimum Gasteiger partial charge on any atom is -0.495 e. The number of hydrogen-bond donors (Lipinski definition) is 0. The second-order valence-electron chi connectivity index (χ2n) is 12.1. The lowest BCUT2D eigenvalue weighted by atomic mass is 9.78. The van der Waals surface area contributed by atoms with Crippen molar-refractivity contribution >= 4 is 37.8 Å². The first kappa shape index (κ1) is 28.7. The number of rotatable bonds is 8. The molecule has 0 aliphatic carbocycles. The summed E-state index contributed by atoms with van der Waals surface area (Å²) in [5.74, 6) is 0.103. The maximum Gasteiger partial charge on any atom is 0.494 e. The first-order valence-electron chi connectivity index (χ1n) is 12.7. The number of methoxy groups -OCH3 is 1. The highest BCUT2D eigenvalue weighted by Gasteiger charge is 2.52. The Labute approximate surface area is 217 Å². The van der Waals surface area contributed by atoms with Crippen LogP contribution < -0.4 is 10.2 Å². The first-order valence-corrected chi connectivity index (χ1v) is 15.6. The van der Waals surface area contributed by atoms with E-state index in [1.807, 2.05) is 51.4 Å². The molecule has 200 valence electrons. The van der Waals surface area contributed by atoms with Crippen molar-refractivity contribution in [1.82, 2.24) is 9.78 Å². The third-order valence-electron chi connectivity index (χ3n) is 7.91. The zero-order valence-electron chi connectivity index (χ0n) is 24.1. The molecule has 8 nitrogen and oxygen atoms in total. The van der Waals surface area contributed by atoms with Gasteiger partial charge in [0, 0.05) is 5.39 Å². The molecule has 1 aromatic heterocycles. The van der Waals surface area contributed by atoms with Crippen LogP contribution in [0.3, 0.4) is 0 Å². The third-order valence-corrected chi connectivity index (χ3v) is 12.4. The first-order chi connectivity index (χ1) is 16.5. The van der Waals surface area contributed by atoms with Gasteiger partial charge >= 0.3 is 13.1 Å². The average molecular weight is 519 g/mol. The molecule has 0 radical (unpaired) electrons. The molecule has 1 aliphatic rings. The number of aromatic nitrogens is 2. The molecule has 36 heavy (non-hydrogen) atoms. The van der Waals surface area contributed by atoms with E-state index in [9.17, 15) is 4.79 Å². The van der Waals surface area contributed by atoms with Crippen molar-refractivity contribution in [3.63, 3.8) is 0 Å². The van der Waals surface area contributed by atoms with Gasteiger partial charge in [0.2, 0.25) is 0 Å². The van der Waals surface area contributed by atoms with Crippen LogP contribution in [0.4, 0.5) is 0 Å². The quantitative estimate of drug-likeness (QED) is 0.355. The summed E-state index contributed by atoms with van der Waals surface area (Å²) in [6, 6.07) is 3.66. The van der Waals surface area contributed by atoms with E-state index in [-0.39, 0.29) is 23.4 Å². The Bertz CT molecular complexity index is 1110. The van der Waals surface area contributed by atoms with Gasteiger partial charge < -0.3 is 23.2 Å². The molecule has 0 amide bonds. The summed E-state index contributed by atoms with van der Waals surface area (Å²) in [7, 11) is -0.962. The number of ether oxygens (including phenoxy) is 2. The Morgan fingerprint density at radius 3 is 2.25 bits per heavy atom. The molecule has 1 aliphatic heterocycles. The van der Waals surface area contributed by atoms with Crippen LogP contribution >= 0.6 is 0 Å². The molecular weight excluding hydrogens is 475 g/mol. The highest BCUT2D eigenvalue weighted by Crippen LogP contribution is 2.39. The van der Waals surface area contributed by atoms with Gasteiger partial charge in [-0.15, -0.1) is 0 Å². The topological polar surface area (TPSA) is 81.0 Å². The fraction of sp³-hybridized carbons (Fsp3) is 0.692. The Morgan fingerprint density at radius 2 is 1.75 bits per heavy atom. The van der Waals surface area contributed by atoms with Crippen molar-refractivity contribution in [3.05, 3.63) is 17.8 Å². The number of nitrogens with zero attached hydrogens (tertiary/aromatic N) is 2. The molecule has 1 aromatic carbocycles. The Morgan fingerprint density at radius 1 is 1.17 bits per heavy atom. The van der Waals surface area contributed by atoms with Crippen molar-refractivity contribution < 1.29 is 28.0 Å². The van der Waals surface area contributed by atoms with E-state index in [0.717, 1.165) is 5.46 Å². The summed E-state index contributed by atoms with van der Waals surface area (Å²) in [4.78, 5) is 13.0. The van der Waals surface area contributed by atoms with E-state index in [1.165, 1.54) is 0 Å².